The van der Waals surface area contributed by atoms with Crippen molar-refractivity contribution in [2.75, 3.05) is 0 Å². The molecule has 0 saturated carbocycles. The van der Waals surface area contributed by atoms with Crippen molar-refractivity contribution < 1.29 is 0 Å². The molecule has 1 spiro atoms. The average Bonchev–Trinajstić information content (AvgIpc) is 3.00. The Morgan fingerprint density at radius 2 is 1.15 bits per heavy atom. The van der Waals surface area contributed by atoms with Crippen molar-refractivity contribution in [3.05, 3.63) is 114 Å². The fourth-order valence-electron chi connectivity index (χ4n) is 4.63. The van der Waals surface area contributed by atoms with Gasteiger partial charge in [0.1, 0.15) is 0 Å². The number of benzene rings is 3. The van der Waals surface area contributed by atoms with E-state index in [-0.39, 0.29) is 5.41 Å². The van der Waals surface area contributed by atoms with Gasteiger partial charge in [-0.15, -0.1) is 0 Å². The van der Waals surface area contributed by atoms with Gasteiger partial charge in [-0.1, -0.05) is 78.5 Å². The molecule has 0 unspecified atom stereocenters. The molecule has 2 heterocycles. The summed E-state index contributed by atoms with van der Waals surface area (Å²) >= 11 is 1.86. The fraction of sp³-hybridized carbons (Fsp3) is 0.0417. The van der Waals surface area contributed by atoms with Crippen LogP contribution in [-0.4, -0.2) is 4.98 Å². The molecule has 0 fully saturated rings. The van der Waals surface area contributed by atoms with Crippen molar-refractivity contribution >= 4 is 11.8 Å². The molecule has 1 aromatic heterocycles. The second kappa shape index (κ2) is 5.09. The summed E-state index contributed by atoms with van der Waals surface area (Å²) in [6.07, 6.45) is 1.93. The molecule has 3 aromatic carbocycles. The van der Waals surface area contributed by atoms with Gasteiger partial charge in [-0.25, -0.2) is 0 Å². The maximum atomic E-state index is 4.94. The van der Waals surface area contributed by atoms with Crippen molar-refractivity contribution in [2.45, 2.75) is 15.2 Å². The molecule has 2 heteroatoms. The monoisotopic (exact) mass is 349 g/mol. The minimum atomic E-state index is -0.328. The number of fused-ring (bicyclic) bond motifs is 9. The summed E-state index contributed by atoms with van der Waals surface area (Å²) in [6, 6.07) is 30.6. The standard InChI is InChI=1S/C24H15NS/c1-2-10-18-16(8-1)17-9-7-15-25-23(17)24(18)19-11-3-5-13-21(19)26-22-14-6-4-12-20(22)24/h1-15H. The topological polar surface area (TPSA) is 12.9 Å². The molecule has 0 saturated heterocycles. The lowest BCUT2D eigenvalue weighted by Crippen LogP contribution is -2.32. The van der Waals surface area contributed by atoms with Gasteiger partial charge in [0, 0.05) is 21.6 Å². The highest BCUT2D eigenvalue weighted by Crippen LogP contribution is 2.61. The van der Waals surface area contributed by atoms with Crippen molar-refractivity contribution in [2.24, 2.45) is 0 Å². The minimum Gasteiger partial charge on any atom is -0.259 e. The zero-order valence-corrected chi connectivity index (χ0v) is 14.8. The summed E-state index contributed by atoms with van der Waals surface area (Å²) in [5, 5.41) is 0. The van der Waals surface area contributed by atoms with E-state index in [1.54, 1.807) is 0 Å². The van der Waals surface area contributed by atoms with E-state index in [9.17, 15) is 0 Å². The van der Waals surface area contributed by atoms with Gasteiger partial charge in [-0.05, 0) is 40.5 Å². The number of pyridine rings is 1. The van der Waals surface area contributed by atoms with Gasteiger partial charge in [-0.2, -0.15) is 0 Å². The Balaban J connectivity index is 1.87. The van der Waals surface area contributed by atoms with E-state index in [1.807, 2.05) is 24.0 Å². The van der Waals surface area contributed by atoms with Gasteiger partial charge in [0.15, 0.2) is 0 Å². The van der Waals surface area contributed by atoms with Crippen LogP contribution in [0.2, 0.25) is 0 Å². The van der Waals surface area contributed by atoms with Crippen LogP contribution in [0.15, 0.2) is 101 Å². The molecule has 1 aliphatic carbocycles. The fourth-order valence-corrected chi connectivity index (χ4v) is 5.83. The molecule has 122 valence electrons. The van der Waals surface area contributed by atoms with Gasteiger partial charge in [0.05, 0.1) is 11.1 Å². The molecule has 2 aliphatic rings. The SMILES string of the molecule is c1ccc2c(c1)Sc1ccccc1C21c2ccccc2-c2cccnc21. The van der Waals surface area contributed by atoms with E-state index >= 15 is 0 Å². The largest absolute Gasteiger partial charge is 0.259 e. The first kappa shape index (κ1) is 14.3. The van der Waals surface area contributed by atoms with Crippen LogP contribution in [0.25, 0.3) is 11.1 Å². The summed E-state index contributed by atoms with van der Waals surface area (Å²) < 4.78 is 0. The van der Waals surface area contributed by atoms with E-state index in [0.29, 0.717) is 0 Å². The summed E-state index contributed by atoms with van der Waals surface area (Å²) in [7, 11) is 0. The number of nitrogens with zero attached hydrogens (tertiary/aromatic N) is 1. The minimum absolute atomic E-state index is 0.328. The Kier molecular flexibility index (Phi) is 2.81. The lowest BCUT2D eigenvalue weighted by Gasteiger charge is -2.38. The Morgan fingerprint density at radius 3 is 1.88 bits per heavy atom. The van der Waals surface area contributed by atoms with E-state index in [1.165, 1.54) is 37.6 Å². The second-order valence-electron chi connectivity index (χ2n) is 6.79. The van der Waals surface area contributed by atoms with Crippen LogP contribution in [0.5, 0.6) is 0 Å². The zero-order valence-electron chi connectivity index (χ0n) is 14.0. The highest BCUT2D eigenvalue weighted by molar-refractivity contribution is 7.99. The summed E-state index contributed by atoms with van der Waals surface area (Å²) in [6.45, 7) is 0. The van der Waals surface area contributed by atoms with Gasteiger partial charge in [0.25, 0.3) is 0 Å². The Hall–Kier alpha value is -2.84. The average molecular weight is 349 g/mol. The Bertz CT molecular complexity index is 1080. The highest BCUT2D eigenvalue weighted by atomic mass is 32.2. The smallest absolute Gasteiger partial charge is 0.0907 e. The zero-order chi connectivity index (χ0) is 17.1. The van der Waals surface area contributed by atoms with Crippen molar-refractivity contribution in [1.29, 1.82) is 0 Å². The first-order valence-corrected chi connectivity index (χ1v) is 9.64. The molecule has 0 atom stereocenters. The van der Waals surface area contributed by atoms with E-state index in [0.717, 1.165) is 5.69 Å². The van der Waals surface area contributed by atoms with Crippen LogP contribution in [0, 0.1) is 0 Å². The second-order valence-corrected chi connectivity index (χ2v) is 7.87. The molecule has 0 N–H and O–H groups in total. The highest BCUT2D eigenvalue weighted by Gasteiger charge is 2.51. The van der Waals surface area contributed by atoms with E-state index in [2.05, 4.69) is 78.9 Å². The third kappa shape index (κ3) is 1.61. The van der Waals surface area contributed by atoms with Gasteiger partial charge in [0.2, 0.25) is 0 Å². The summed E-state index contributed by atoms with van der Waals surface area (Å²) in [5.41, 5.74) is 7.40. The van der Waals surface area contributed by atoms with Crippen molar-refractivity contribution in [1.82, 2.24) is 4.98 Å². The number of aromatic nitrogens is 1. The van der Waals surface area contributed by atoms with Crippen molar-refractivity contribution in [3.8, 4) is 11.1 Å². The first-order chi connectivity index (χ1) is 12.9. The van der Waals surface area contributed by atoms with Gasteiger partial charge >= 0.3 is 0 Å². The first-order valence-electron chi connectivity index (χ1n) is 8.83. The predicted molar refractivity (Wildman–Crippen MR) is 106 cm³/mol. The van der Waals surface area contributed by atoms with E-state index < -0.39 is 0 Å². The maximum Gasteiger partial charge on any atom is 0.0907 e. The lowest BCUT2D eigenvalue weighted by molar-refractivity contribution is 0.697. The molecule has 4 aromatic rings. The maximum absolute atomic E-state index is 4.94. The third-order valence-electron chi connectivity index (χ3n) is 5.59. The molecular formula is C24H15NS. The molecule has 26 heavy (non-hydrogen) atoms. The van der Waals surface area contributed by atoms with Gasteiger partial charge in [-0.3, -0.25) is 4.98 Å². The number of hydrogen-bond acceptors (Lipinski definition) is 2. The summed E-state index contributed by atoms with van der Waals surface area (Å²) in [4.78, 5) is 7.58. The molecule has 6 rings (SSSR count). The van der Waals surface area contributed by atoms with Crippen LogP contribution in [0.3, 0.4) is 0 Å². The predicted octanol–water partition coefficient (Wildman–Crippen LogP) is 5.91. The number of rotatable bonds is 0. The van der Waals surface area contributed by atoms with Crippen molar-refractivity contribution in [3.63, 3.8) is 0 Å². The van der Waals surface area contributed by atoms with E-state index in [4.69, 9.17) is 4.98 Å². The Morgan fingerprint density at radius 1 is 0.577 bits per heavy atom. The molecule has 1 nitrogen and oxygen atoms in total. The normalized spacial score (nSPS) is 15.1. The van der Waals surface area contributed by atoms with Gasteiger partial charge < -0.3 is 0 Å². The van der Waals surface area contributed by atoms with Crippen LogP contribution >= 0.6 is 11.8 Å². The van der Waals surface area contributed by atoms with Crippen LogP contribution < -0.4 is 0 Å². The number of hydrogen-bond donors (Lipinski definition) is 0. The molecule has 0 bridgehead atoms. The van der Waals surface area contributed by atoms with Crippen LogP contribution in [0.1, 0.15) is 22.4 Å². The quantitative estimate of drug-likeness (QED) is 0.338. The Labute approximate surface area is 156 Å². The molecular weight excluding hydrogens is 334 g/mol. The lowest BCUT2D eigenvalue weighted by atomic mass is 9.69. The van der Waals surface area contributed by atoms with Crippen LogP contribution in [-0.2, 0) is 5.41 Å². The third-order valence-corrected chi connectivity index (χ3v) is 6.74. The summed E-state index contributed by atoms with van der Waals surface area (Å²) in [5.74, 6) is 0. The molecule has 0 amide bonds. The van der Waals surface area contributed by atoms with Crippen LogP contribution in [0.4, 0.5) is 0 Å². The molecule has 1 aliphatic heterocycles. The molecule has 0 radical (unpaired) electrons.